The van der Waals surface area contributed by atoms with Crippen molar-refractivity contribution in [3.63, 3.8) is 0 Å². The fourth-order valence-electron chi connectivity index (χ4n) is 3.74. The van der Waals surface area contributed by atoms with Gasteiger partial charge in [-0.3, -0.25) is 9.59 Å². The number of amides is 2. The first kappa shape index (κ1) is 25.3. The van der Waals surface area contributed by atoms with Crippen LogP contribution >= 0.6 is 11.6 Å². The normalized spacial score (nSPS) is 11.5. The van der Waals surface area contributed by atoms with Crippen LogP contribution in [0.5, 0.6) is 5.75 Å². The average molecular weight is 479 g/mol. The van der Waals surface area contributed by atoms with E-state index in [0.29, 0.717) is 23.7 Å². The van der Waals surface area contributed by atoms with Crippen molar-refractivity contribution in [1.29, 1.82) is 0 Å². The second-order valence-electron chi connectivity index (χ2n) is 8.23. The SMILES string of the molecule is CCNC(=O)C(Cc1ccccc1)N(Cc1ccc(Cl)cc1)C(=O)COc1cccc(C)c1C. The molecule has 1 atom stereocenters. The zero-order valence-electron chi connectivity index (χ0n) is 19.9. The Morgan fingerprint density at radius 3 is 2.32 bits per heavy atom. The molecule has 0 aromatic heterocycles. The van der Waals surface area contributed by atoms with Crippen LogP contribution < -0.4 is 10.1 Å². The molecule has 0 fully saturated rings. The van der Waals surface area contributed by atoms with Crippen molar-refractivity contribution in [3.05, 3.63) is 100 Å². The number of carbonyl (C=O) groups excluding carboxylic acids is 2. The van der Waals surface area contributed by atoms with Crippen LogP contribution in [0.1, 0.15) is 29.2 Å². The molecule has 3 aromatic carbocycles. The van der Waals surface area contributed by atoms with Crippen LogP contribution in [-0.4, -0.2) is 35.9 Å². The number of aryl methyl sites for hydroxylation is 1. The number of nitrogens with zero attached hydrogens (tertiary/aromatic N) is 1. The highest BCUT2D eigenvalue weighted by Crippen LogP contribution is 2.22. The first-order chi connectivity index (χ1) is 16.4. The summed E-state index contributed by atoms with van der Waals surface area (Å²) in [5.74, 6) is 0.209. The smallest absolute Gasteiger partial charge is 0.261 e. The fraction of sp³-hybridized carbons (Fsp3) is 0.286. The lowest BCUT2D eigenvalue weighted by molar-refractivity contribution is -0.142. The molecular formula is C28H31ClN2O3. The average Bonchev–Trinajstić information content (AvgIpc) is 2.84. The van der Waals surface area contributed by atoms with Crippen LogP contribution in [0, 0.1) is 13.8 Å². The summed E-state index contributed by atoms with van der Waals surface area (Å²) in [6.45, 7) is 6.41. The molecular weight excluding hydrogens is 448 g/mol. The summed E-state index contributed by atoms with van der Waals surface area (Å²) < 4.78 is 5.91. The molecule has 178 valence electrons. The first-order valence-corrected chi connectivity index (χ1v) is 11.8. The largest absolute Gasteiger partial charge is 0.483 e. The number of carbonyl (C=O) groups is 2. The highest BCUT2D eigenvalue weighted by atomic mass is 35.5. The number of hydrogen-bond acceptors (Lipinski definition) is 3. The van der Waals surface area contributed by atoms with E-state index in [0.717, 1.165) is 22.3 Å². The van der Waals surface area contributed by atoms with Crippen molar-refractivity contribution < 1.29 is 14.3 Å². The van der Waals surface area contributed by atoms with Gasteiger partial charge in [0.2, 0.25) is 5.91 Å². The Morgan fingerprint density at radius 2 is 1.65 bits per heavy atom. The summed E-state index contributed by atoms with van der Waals surface area (Å²) >= 11 is 6.05. The molecule has 3 aromatic rings. The second-order valence-corrected chi connectivity index (χ2v) is 8.67. The molecule has 0 aliphatic heterocycles. The Hall–Kier alpha value is -3.31. The van der Waals surface area contributed by atoms with Crippen molar-refractivity contribution >= 4 is 23.4 Å². The van der Waals surface area contributed by atoms with Gasteiger partial charge in [0.15, 0.2) is 6.61 Å². The van der Waals surface area contributed by atoms with Gasteiger partial charge in [0.05, 0.1) is 0 Å². The van der Waals surface area contributed by atoms with Crippen LogP contribution in [0.4, 0.5) is 0 Å². The van der Waals surface area contributed by atoms with Gasteiger partial charge >= 0.3 is 0 Å². The zero-order valence-corrected chi connectivity index (χ0v) is 20.6. The third-order valence-corrected chi connectivity index (χ3v) is 6.05. The minimum Gasteiger partial charge on any atom is -0.483 e. The van der Waals surface area contributed by atoms with E-state index in [2.05, 4.69) is 5.32 Å². The summed E-state index contributed by atoms with van der Waals surface area (Å²) in [6, 6.07) is 22.1. The quantitative estimate of drug-likeness (QED) is 0.440. The molecule has 0 spiro atoms. The third kappa shape index (κ3) is 6.84. The molecule has 1 unspecified atom stereocenters. The standard InChI is InChI=1S/C28H31ClN2O3/c1-4-30-28(33)25(17-22-10-6-5-7-11-22)31(18-23-13-15-24(29)16-14-23)27(32)19-34-26-12-8-9-20(2)21(26)3/h5-16,25H,4,17-19H2,1-3H3,(H,30,33). The summed E-state index contributed by atoms with van der Waals surface area (Å²) in [5.41, 5.74) is 3.94. The molecule has 5 nitrogen and oxygen atoms in total. The van der Waals surface area contributed by atoms with Crippen LogP contribution in [0.15, 0.2) is 72.8 Å². The Morgan fingerprint density at radius 1 is 0.941 bits per heavy atom. The highest BCUT2D eigenvalue weighted by molar-refractivity contribution is 6.30. The monoisotopic (exact) mass is 478 g/mol. The molecule has 0 aliphatic carbocycles. The predicted molar refractivity (Wildman–Crippen MR) is 136 cm³/mol. The summed E-state index contributed by atoms with van der Waals surface area (Å²) in [7, 11) is 0. The van der Waals surface area contributed by atoms with Gasteiger partial charge in [-0.15, -0.1) is 0 Å². The van der Waals surface area contributed by atoms with E-state index in [1.807, 2.05) is 81.4 Å². The molecule has 2 amide bonds. The molecule has 0 heterocycles. The van der Waals surface area contributed by atoms with Crippen LogP contribution in [-0.2, 0) is 22.6 Å². The van der Waals surface area contributed by atoms with Gasteiger partial charge in [0, 0.05) is 24.5 Å². The zero-order chi connectivity index (χ0) is 24.5. The van der Waals surface area contributed by atoms with Gasteiger partial charge in [-0.2, -0.15) is 0 Å². The maximum atomic E-state index is 13.5. The minimum absolute atomic E-state index is 0.164. The molecule has 0 saturated heterocycles. The van der Waals surface area contributed by atoms with Crippen molar-refractivity contribution in [3.8, 4) is 5.75 Å². The van der Waals surface area contributed by atoms with Crippen LogP contribution in [0.2, 0.25) is 5.02 Å². The minimum atomic E-state index is -0.687. The van der Waals surface area contributed by atoms with Gasteiger partial charge in [-0.05, 0) is 61.2 Å². The molecule has 0 bridgehead atoms. The number of benzene rings is 3. The van der Waals surface area contributed by atoms with Crippen LogP contribution in [0.25, 0.3) is 0 Å². The second kappa shape index (κ2) is 12.2. The lowest BCUT2D eigenvalue weighted by Gasteiger charge is -2.31. The predicted octanol–water partition coefficient (Wildman–Crippen LogP) is 5.11. The van der Waals surface area contributed by atoms with Gasteiger partial charge in [-0.25, -0.2) is 0 Å². The highest BCUT2D eigenvalue weighted by Gasteiger charge is 2.30. The topological polar surface area (TPSA) is 58.6 Å². The van der Waals surface area contributed by atoms with E-state index < -0.39 is 6.04 Å². The maximum Gasteiger partial charge on any atom is 0.261 e. The lowest BCUT2D eigenvalue weighted by Crippen LogP contribution is -2.51. The van der Waals surface area contributed by atoms with E-state index in [1.165, 1.54) is 0 Å². The Balaban J connectivity index is 1.90. The van der Waals surface area contributed by atoms with Crippen molar-refractivity contribution in [2.75, 3.05) is 13.2 Å². The summed E-state index contributed by atoms with van der Waals surface area (Å²) in [5, 5.41) is 3.51. The first-order valence-electron chi connectivity index (χ1n) is 11.4. The number of nitrogens with one attached hydrogen (secondary N) is 1. The van der Waals surface area contributed by atoms with E-state index in [1.54, 1.807) is 17.0 Å². The number of halogens is 1. The van der Waals surface area contributed by atoms with Crippen LogP contribution in [0.3, 0.4) is 0 Å². The van der Waals surface area contributed by atoms with Crippen molar-refractivity contribution in [1.82, 2.24) is 10.2 Å². The third-order valence-electron chi connectivity index (χ3n) is 5.79. The number of rotatable bonds is 10. The number of hydrogen-bond donors (Lipinski definition) is 1. The summed E-state index contributed by atoms with van der Waals surface area (Å²) in [4.78, 5) is 28.3. The Labute approximate surface area is 206 Å². The van der Waals surface area contributed by atoms with E-state index >= 15 is 0 Å². The van der Waals surface area contributed by atoms with E-state index in [9.17, 15) is 9.59 Å². The van der Waals surface area contributed by atoms with Gasteiger partial charge in [-0.1, -0.05) is 66.2 Å². The molecule has 34 heavy (non-hydrogen) atoms. The number of ether oxygens (including phenoxy) is 1. The van der Waals surface area contributed by atoms with Crippen molar-refractivity contribution in [2.24, 2.45) is 0 Å². The van der Waals surface area contributed by atoms with Gasteiger partial charge in [0.1, 0.15) is 11.8 Å². The number of likely N-dealkylation sites (N-methyl/N-ethyl adjacent to an activating group) is 1. The van der Waals surface area contributed by atoms with Gasteiger partial charge < -0.3 is 15.0 Å². The van der Waals surface area contributed by atoms with E-state index in [4.69, 9.17) is 16.3 Å². The molecule has 3 rings (SSSR count). The van der Waals surface area contributed by atoms with E-state index in [-0.39, 0.29) is 25.0 Å². The molecule has 0 radical (unpaired) electrons. The lowest BCUT2D eigenvalue weighted by atomic mass is 10.0. The molecule has 0 saturated carbocycles. The molecule has 6 heteroatoms. The Kier molecular flexibility index (Phi) is 9.11. The van der Waals surface area contributed by atoms with Gasteiger partial charge in [0.25, 0.3) is 5.91 Å². The fourth-order valence-corrected chi connectivity index (χ4v) is 3.86. The molecule has 1 N–H and O–H groups in total. The summed E-state index contributed by atoms with van der Waals surface area (Å²) in [6.07, 6.45) is 0.398. The Bertz CT molecular complexity index is 1100. The molecule has 0 aliphatic rings. The van der Waals surface area contributed by atoms with Crippen molar-refractivity contribution in [2.45, 2.75) is 39.8 Å². The maximum absolute atomic E-state index is 13.5.